The van der Waals surface area contributed by atoms with E-state index in [4.69, 9.17) is 10.6 Å². The summed E-state index contributed by atoms with van der Waals surface area (Å²) in [5.41, 5.74) is 1.87. The molecule has 0 saturated heterocycles. The van der Waals surface area contributed by atoms with Crippen molar-refractivity contribution < 1.29 is 9.53 Å². The van der Waals surface area contributed by atoms with Crippen molar-refractivity contribution in [3.63, 3.8) is 0 Å². The predicted molar refractivity (Wildman–Crippen MR) is 101 cm³/mol. The second kappa shape index (κ2) is 8.39. The molecule has 1 aromatic heterocycles. The number of aromatic nitrogens is 3. The maximum absolute atomic E-state index is 12.0. The average Bonchev–Trinajstić information content (AvgIpc) is 3.06. The van der Waals surface area contributed by atoms with Crippen LogP contribution in [0.3, 0.4) is 0 Å². The summed E-state index contributed by atoms with van der Waals surface area (Å²) in [5.74, 6) is 7.47. The molecular formula is C18H19N5O2S. The smallest absolute Gasteiger partial charge is 0.230 e. The van der Waals surface area contributed by atoms with E-state index in [0.717, 1.165) is 16.9 Å². The predicted octanol–water partition coefficient (Wildman–Crippen LogP) is 2.08. The highest BCUT2D eigenvalue weighted by Crippen LogP contribution is 2.23. The largest absolute Gasteiger partial charge is 0.497 e. The van der Waals surface area contributed by atoms with E-state index in [0.29, 0.717) is 17.5 Å². The van der Waals surface area contributed by atoms with Gasteiger partial charge in [0.25, 0.3) is 0 Å². The number of thioether (sulfide) groups is 1. The minimum absolute atomic E-state index is 0.0900. The van der Waals surface area contributed by atoms with E-state index in [9.17, 15) is 4.79 Å². The van der Waals surface area contributed by atoms with Crippen LogP contribution in [0, 0.1) is 0 Å². The Hall–Kier alpha value is -3.00. The van der Waals surface area contributed by atoms with Crippen molar-refractivity contribution in [2.45, 2.75) is 11.7 Å². The third kappa shape index (κ3) is 4.34. The van der Waals surface area contributed by atoms with E-state index in [-0.39, 0.29) is 11.7 Å². The molecule has 1 amide bonds. The number of carbonyl (C=O) groups is 1. The summed E-state index contributed by atoms with van der Waals surface area (Å²) in [6.45, 7) is 0.493. The van der Waals surface area contributed by atoms with Crippen LogP contribution in [-0.4, -0.2) is 33.6 Å². The number of hydrogen-bond acceptors (Lipinski definition) is 6. The molecule has 0 unspecified atom stereocenters. The van der Waals surface area contributed by atoms with Gasteiger partial charge in [-0.25, -0.2) is 4.68 Å². The van der Waals surface area contributed by atoms with Crippen molar-refractivity contribution in [2.75, 3.05) is 18.7 Å². The number of rotatable bonds is 7. The van der Waals surface area contributed by atoms with Gasteiger partial charge in [-0.3, -0.25) is 4.79 Å². The summed E-state index contributed by atoms with van der Waals surface area (Å²) in [6.07, 6.45) is 0. The van der Waals surface area contributed by atoms with Gasteiger partial charge >= 0.3 is 0 Å². The minimum Gasteiger partial charge on any atom is -0.497 e. The van der Waals surface area contributed by atoms with Crippen molar-refractivity contribution in [2.24, 2.45) is 0 Å². The maximum Gasteiger partial charge on any atom is 0.230 e. The Balaban J connectivity index is 1.57. The highest BCUT2D eigenvalue weighted by atomic mass is 32.2. The van der Waals surface area contributed by atoms with Crippen LogP contribution < -0.4 is 15.9 Å². The number of ether oxygens (including phenoxy) is 1. The lowest BCUT2D eigenvalue weighted by Gasteiger charge is -2.06. The first-order valence-electron chi connectivity index (χ1n) is 7.95. The monoisotopic (exact) mass is 369 g/mol. The van der Waals surface area contributed by atoms with Crippen LogP contribution in [0.2, 0.25) is 0 Å². The van der Waals surface area contributed by atoms with E-state index >= 15 is 0 Å². The lowest BCUT2D eigenvalue weighted by Crippen LogP contribution is -2.25. The Morgan fingerprint density at radius 3 is 2.58 bits per heavy atom. The van der Waals surface area contributed by atoms with Gasteiger partial charge in [0.05, 0.1) is 12.9 Å². The van der Waals surface area contributed by atoms with Gasteiger partial charge in [-0.2, -0.15) is 0 Å². The molecule has 1 heterocycles. The number of nitrogens with two attached hydrogens (primary N) is 1. The van der Waals surface area contributed by atoms with E-state index in [1.807, 2.05) is 54.6 Å². The van der Waals surface area contributed by atoms with E-state index < -0.39 is 0 Å². The molecule has 0 aliphatic heterocycles. The summed E-state index contributed by atoms with van der Waals surface area (Å²) in [4.78, 5) is 12.0. The number of carbonyl (C=O) groups excluding carboxylic acids is 1. The fourth-order valence-corrected chi connectivity index (χ4v) is 2.98. The molecule has 8 heteroatoms. The number of benzene rings is 2. The Morgan fingerprint density at radius 1 is 1.15 bits per heavy atom. The second-order valence-electron chi connectivity index (χ2n) is 5.46. The zero-order valence-electron chi connectivity index (χ0n) is 14.3. The van der Waals surface area contributed by atoms with Gasteiger partial charge < -0.3 is 15.9 Å². The molecule has 26 heavy (non-hydrogen) atoms. The molecule has 2 aromatic carbocycles. The normalized spacial score (nSPS) is 10.5. The number of methoxy groups -OCH3 is 1. The van der Waals surface area contributed by atoms with Crippen molar-refractivity contribution in [1.29, 1.82) is 0 Å². The first-order chi connectivity index (χ1) is 12.7. The molecule has 0 aliphatic rings. The number of nitrogens with zero attached hydrogens (tertiary/aromatic N) is 3. The Labute approximate surface area is 155 Å². The van der Waals surface area contributed by atoms with E-state index in [2.05, 4.69) is 15.5 Å². The topological polar surface area (TPSA) is 95.1 Å². The van der Waals surface area contributed by atoms with Crippen LogP contribution in [0.5, 0.6) is 5.75 Å². The number of nitrogens with one attached hydrogen (secondary N) is 1. The van der Waals surface area contributed by atoms with Gasteiger partial charge in [0.2, 0.25) is 11.1 Å². The summed E-state index contributed by atoms with van der Waals surface area (Å²) in [7, 11) is 1.61. The molecule has 3 rings (SSSR count). The van der Waals surface area contributed by atoms with Gasteiger partial charge in [0.1, 0.15) is 5.75 Å². The molecule has 3 aromatic rings. The fourth-order valence-electron chi connectivity index (χ4n) is 2.29. The number of amides is 1. The van der Waals surface area contributed by atoms with Crippen molar-refractivity contribution >= 4 is 17.7 Å². The molecule has 0 atom stereocenters. The van der Waals surface area contributed by atoms with Crippen LogP contribution in [0.15, 0.2) is 59.8 Å². The Morgan fingerprint density at radius 2 is 1.88 bits per heavy atom. The van der Waals surface area contributed by atoms with E-state index in [1.54, 1.807) is 7.11 Å². The zero-order valence-corrected chi connectivity index (χ0v) is 15.1. The van der Waals surface area contributed by atoms with Gasteiger partial charge in [-0.1, -0.05) is 42.1 Å². The fraction of sp³-hybridized carbons (Fsp3) is 0.167. The molecule has 7 nitrogen and oxygen atoms in total. The highest BCUT2D eigenvalue weighted by Gasteiger charge is 2.13. The van der Waals surface area contributed by atoms with Crippen LogP contribution in [0.4, 0.5) is 0 Å². The molecule has 0 fully saturated rings. The molecule has 0 saturated carbocycles. The highest BCUT2D eigenvalue weighted by molar-refractivity contribution is 7.99. The van der Waals surface area contributed by atoms with Gasteiger partial charge in [-0.15, -0.1) is 10.2 Å². The molecule has 0 spiro atoms. The van der Waals surface area contributed by atoms with Gasteiger partial charge in [-0.05, 0) is 29.8 Å². The summed E-state index contributed by atoms with van der Waals surface area (Å²) >= 11 is 1.24. The molecule has 0 radical (unpaired) electrons. The van der Waals surface area contributed by atoms with Crippen LogP contribution in [0.1, 0.15) is 5.56 Å². The average molecular weight is 369 g/mol. The van der Waals surface area contributed by atoms with Gasteiger partial charge in [0.15, 0.2) is 5.82 Å². The number of hydrogen-bond donors (Lipinski definition) is 2. The maximum atomic E-state index is 12.0. The summed E-state index contributed by atoms with van der Waals surface area (Å²) < 4.78 is 6.52. The lowest BCUT2D eigenvalue weighted by atomic mass is 10.2. The third-order valence-corrected chi connectivity index (χ3v) is 4.62. The van der Waals surface area contributed by atoms with Gasteiger partial charge in [0, 0.05) is 12.1 Å². The second-order valence-corrected chi connectivity index (χ2v) is 6.40. The summed E-state index contributed by atoms with van der Waals surface area (Å²) in [5, 5.41) is 11.5. The van der Waals surface area contributed by atoms with Crippen molar-refractivity contribution in [3.05, 3.63) is 60.2 Å². The molecule has 3 N–H and O–H groups in total. The van der Waals surface area contributed by atoms with E-state index in [1.165, 1.54) is 16.4 Å². The standard InChI is InChI=1S/C18H19N5O2S/c1-25-15-9-7-14(8-10-15)17-21-22-18(23(17)19)26-12-16(24)20-11-13-5-3-2-4-6-13/h2-10H,11-12,19H2,1H3,(H,20,24). The Kier molecular flexibility index (Phi) is 5.75. The molecule has 134 valence electrons. The molecule has 0 bridgehead atoms. The van der Waals surface area contributed by atoms with Crippen LogP contribution in [-0.2, 0) is 11.3 Å². The quantitative estimate of drug-likeness (QED) is 0.489. The zero-order chi connectivity index (χ0) is 18.4. The van der Waals surface area contributed by atoms with Crippen molar-refractivity contribution in [3.8, 4) is 17.1 Å². The van der Waals surface area contributed by atoms with Crippen LogP contribution in [0.25, 0.3) is 11.4 Å². The number of nitrogen functional groups attached to an aromatic ring is 1. The first kappa shape index (κ1) is 17.8. The lowest BCUT2D eigenvalue weighted by molar-refractivity contribution is -0.118. The SMILES string of the molecule is COc1ccc(-c2nnc(SCC(=O)NCc3ccccc3)n2N)cc1. The van der Waals surface area contributed by atoms with Crippen LogP contribution >= 0.6 is 11.8 Å². The summed E-state index contributed by atoms with van der Waals surface area (Å²) in [6, 6.07) is 17.1. The molecule has 0 aliphatic carbocycles. The molecular weight excluding hydrogens is 350 g/mol. The van der Waals surface area contributed by atoms with Crippen molar-refractivity contribution in [1.82, 2.24) is 20.2 Å². The Bertz CT molecular complexity index is 865. The minimum atomic E-state index is -0.0900. The first-order valence-corrected chi connectivity index (χ1v) is 8.94. The third-order valence-electron chi connectivity index (χ3n) is 3.68.